The van der Waals surface area contributed by atoms with Crippen LogP contribution in [-0.2, 0) is 28.5 Å². The molecule has 45 heavy (non-hydrogen) atoms. The van der Waals surface area contributed by atoms with Crippen LogP contribution in [0.15, 0.2) is 40.8 Å². The van der Waals surface area contributed by atoms with E-state index in [-0.39, 0.29) is 17.3 Å². The van der Waals surface area contributed by atoms with Gasteiger partial charge < -0.3 is 19.1 Å². The van der Waals surface area contributed by atoms with Gasteiger partial charge in [-0.25, -0.2) is 4.18 Å². The predicted molar refractivity (Wildman–Crippen MR) is 186 cm³/mol. The molecule has 0 aliphatic carbocycles. The van der Waals surface area contributed by atoms with Gasteiger partial charge in [0.05, 0.1) is 18.1 Å². The summed E-state index contributed by atoms with van der Waals surface area (Å²) in [6.07, 6.45) is 26.4. The van der Waals surface area contributed by atoms with E-state index in [9.17, 15) is 8.42 Å². The molecule has 3 unspecified atom stereocenters. The highest BCUT2D eigenvalue weighted by molar-refractivity contribution is 8.03. The van der Waals surface area contributed by atoms with Crippen LogP contribution in [0.2, 0.25) is 0 Å². The summed E-state index contributed by atoms with van der Waals surface area (Å²) in [7, 11) is -3.81. The summed E-state index contributed by atoms with van der Waals surface area (Å²) in [5.41, 5.74) is 0.449. The minimum Gasteiger partial charge on any atom is -0.379 e. The van der Waals surface area contributed by atoms with E-state index in [1.54, 1.807) is 24.3 Å². The fourth-order valence-electron chi connectivity index (χ4n) is 5.77. The molecule has 9 heteroatoms. The van der Waals surface area contributed by atoms with Crippen molar-refractivity contribution in [1.82, 2.24) is 4.90 Å². The first-order valence-electron chi connectivity index (χ1n) is 17.9. The zero-order chi connectivity index (χ0) is 32.0. The van der Waals surface area contributed by atoms with Crippen LogP contribution in [0.4, 0.5) is 0 Å². The molecular weight excluding hydrogens is 607 g/mol. The smallest absolute Gasteiger partial charge is 0.299 e. The van der Waals surface area contributed by atoms with Crippen molar-refractivity contribution in [3.8, 4) is 0 Å². The van der Waals surface area contributed by atoms with Crippen LogP contribution in [0.1, 0.15) is 134 Å². The molecule has 7 nitrogen and oxygen atoms in total. The van der Waals surface area contributed by atoms with E-state index in [0.29, 0.717) is 19.8 Å². The fraction of sp³-hybridized carbons (Fsp3) is 0.778. The van der Waals surface area contributed by atoms with E-state index in [1.807, 2.05) is 23.4 Å². The maximum Gasteiger partial charge on any atom is 0.299 e. The lowest BCUT2D eigenvalue weighted by Crippen LogP contribution is -2.30. The SMILES string of the molecule is CCCCCCCCCCCCCCCCCC1OCC(COCCCCCN2C=CSC2OS(=O)(=O)c2ccc(C)cc2)O1. The second-order valence-electron chi connectivity index (χ2n) is 12.7. The van der Waals surface area contributed by atoms with Gasteiger partial charge in [-0.1, -0.05) is 126 Å². The topological polar surface area (TPSA) is 74.3 Å². The fourth-order valence-corrected chi connectivity index (χ4v) is 7.87. The Kier molecular flexibility index (Phi) is 19.8. The van der Waals surface area contributed by atoms with Gasteiger partial charge in [-0.15, -0.1) is 0 Å². The van der Waals surface area contributed by atoms with Gasteiger partial charge >= 0.3 is 0 Å². The molecule has 0 N–H and O–H groups in total. The maximum atomic E-state index is 12.7. The van der Waals surface area contributed by atoms with Crippen molar-refractivity contribution in [2.24, 2.45) is 0 Å². The lowest BCUT2D eigenvalue weighted by atomic mass is 10.0. The molecule has 1 aromatic carbocycles. The molecule has 1 aromatic rings. The van der Waals surface area contributed by atoms with Crippen LogP contribution in [-0.4, -0.2) is 57.6 Å². The Hall–Kier alpha value is -1.10. The number of thioether (sulfide) groups is 1. The Morgan fingerprint density at radius 1 is 0.822 bits per heavy atom. The molecule has 258 valence electrons. The van der Waals surface area contributed by atoms with E-state index in [1.165, 1.54) is 108 Å². The molecule has 2 aliphatic rings. The minimum atomic E-state index is -3.81. The minimum absolute atomic E-state index is 0.0338. The first-order valence-corrected chi connectivity index (χ1v) is 20.3. The summed E-state index contributed by atoms with van der Waals surface area (Å²) in [6.45, 7) is 6.83. The zero-order valence-electron chi connectivity index (χ0n) is 28.2. The van der Waals surface area contributed by atoms with Crippen molar-refractivity contribution < 1.29 is 26.8 Å². The summed E-state index contributed by atoms with van der Waals surface area (Å²) in [6, 6.07) is 6.74. The molecule has 1 saturated heterocycles. The Morgan fingerprint density at radius 3 is 2.07 bits per heavy atom. The Morgan fingerprint density at radius 2 is 1.42 bits per heavy atom. The molecule has 0 bridgehead atoms. The van der Waals surface area contributed by atoms with Gasteiger partial charge in [-0.3, -0.25) is 0 Å². The van der Waals surface area contributed by atoms with Crippen LogP contribution in [0, 0.1) is 6.92 Å². The van der Waals surface area contributed by atoms with Gasteiger partial charge in [0.2, 0.25) is 5.56 Å². The predicted octanol–water partition coefficient (Wildman–Crippen LogP) is 9.69. The van der Waals surface area contributed by atoms with Gasteiger partial charge in [0, 0.05) is 19.4 Å². The highest BCUT2D eigenvalue weighted by Gasteiger charge is 2.28. The van der Waals surface area contributed by atoms with Crippen LogP contribution < -0.4 is 0 Å². The third-order valence-corrected chi connectivity index (χ3v) is 10.9. The lowest BCUT2D eigenvalue weighted by molar-refractivity contribution is -0.0761. The second kappa shape index (κ2) is 23.3. The molecule has 2 heterocycles. The molecule has 0 radical (unpaired) electrons. The first-order chi connectivity index (χ1) is 22.0. The number of hydrogen-bond acceptors (Lipinski definition) is 8. The van der Waals surface area contributed by atoms with Crippen molar-refractivity contribution in [1.29, 1.82) is 0 Å². The molecule has 3 rings (SSSR count). The van der Waals surface area contributed by atoms with Crippen LogP contribution in [0.5, 0.6) is 0 Å². The number of unbranched alkanes of at least 4 members (excludes halogenated alkanes) is 16. The molecule has 2 aliphatic heterocycles. The van der Waals surface area contributed by atoms with Crippen LogP contribution in [0.3, 0.4) is 0 Å². The summed E-state index contributed by atoms with van der Waals surface area (Å²) in [5.74, 6) is 0. The molecule has 0 amide bonds. The maximum absolute atomic E-state index is 12.7. The van der Waals surface area contributed by atoms with Gasteiger partial charge in [0.25, 0.3) is 10.1 Å². The summed E-state index contributed by atoms with van der Waals surface area (Å²) in [5, 5.41) is 1.88. The molecular formula is C36H61NO6S2. The number of aryl methyl sites for hydroxylation is 1. The Balaban J connectivity index is 1.09. The summed E-state index contributed by atoms with van der Waals surface area (Å²) < 4.78 is 48.6. The number of ether oxygens (including phenoxy) is 3. The second-order valence-corrected chi connectivity index (χ2v) is 15.2. The monoisotopic (exact) mass is 667 g/mol. The van der Waals surface area contributed by atoms with Crippen molar-refractivity contribution in [3.63, 3.8) is 0 Å². The van der Waals surface area contributed by atoms with Crippen molar-refractivity contribution in [2.45, 2.75) is 159 Å². The highest BCUT2D eigenvalue weighted by atomic mass is 32.2. The lowest BCUT2D eigenvalue weighted by Gasteiger charge is -2.24. The van der Waals surface area contributed by atoms with Crippen LogP contribution >= 0.6 is 11.8 Å². The molecule has 0 aromatic heterocycles. The van der Waals surface area contributed by atoms with Crippen molar-refractivity contribution >= 4 is 21.9 Å². The van der Waals surface area contributed by atoms with Crippen LogP contribution in [0.25, 0.3) is 0 Å². The Labute approximate surface area is 279 Å². The first kappa shape index (κ1) is 38.3. The average molecular weight is 668 g/mol. The number of benzene rings is 1. The summed E-state index contributed by atoms with van der Waals surface area (Å²) in [4.78, 5) is 2.13. The highest BCUT2D eigenvalue weighted by Crippen LogP contribution is 2.30. The largest absolute Gasteiger partial charge is 0.379 e. The third kappa shape index (κ3) is 16.5. The molecule has 0 spiro atoms. The van der Waals surface area contributed by atoms with Gasteiger partial charge in [0.1, 0.15) is 6.10 Å². The normalized spacial score (nSPS) is 20.0. The third-order valence-electron chi connectivity index (χ3n) is 8.60. The molecule has 3 atom stereocenters. The van der Waals surface area contributed by atoms with Gasteiger partial charge in [-0.05, 0) is 56.6 Å². The zero-order valence-corrected chi connectivity index (χ0v) is 29.8. The number of hydrogen-bond donors (Lipinski definition) is 0. The standard InChI is InChI=1S/C36H61NO6S2/c1-3-4-5-6-7-8-9-10-11-12-13-14-15-16-18-21-35-41-31-33(42-35)30-40-28-20-17-19-26-37-27-29-44-36(37)43-45(38,39)34-24-22-32(2)23-25-34/h22-25,27,29,33,35-36H,3-21,26,28,30-31H2,1-2H3. The van der Waals surface area contributed by atoms with E-state index < -0.39 is 15.7 Å². The quantitative estimate of drug-likeness (QED) is 0.0678. The number of rotatable bonds is 27. The van der Waals surface area contributed by atoms with E-state index in [0.717, 1.165) is 37.8 Å². The van der Waals surface area contributed by atoms with E-state index in [2.05, 4.69) is 6.92 Å². The summed E-state index contributed by atoms with van der Waals surface area (Å²) >= 11 is 1.37. The van der Waals surface area contributed by atoms with Crippen molar-refractivity contribution in [2.75, 3.05) is 26.4 Å². The van der Waals surface area contributed by atoms with Gasteiger partial charge in [-0.2, -0.15) is 8.42 Å². The van der Waals surface area contributed by atoms with Gasteiger partial charge in [0.15, 0.2) is 6.29 Å². The number of nitrogens with zero attached hydrogens (tertiary/aromatic N) is 1. The van der Waals surface area contributed by atoms with Crippen molar-refractivity contribution in [3.05, 3.63) is 41.4 Å². The Bertz CT molecular complexity index is 1020. The molecule has 0 saturated carbocycles. The average Bonchev–Trinajstić information content (AvgIpc) is 3.67. The molecule has 1 fully saturated rings. The van der Waals surface area contributed by atoms with E-state index in [4.69, 9.17) is 18.4 Å². The van der Waals surface area contributed by atoms with E-state index >= 15 is 0 Å².